The van der Waals surface area contributed by atoms with E-state index in [1.54, 1.807) is 12.1 Å². The fourth-order valence-electron chi connectivity index (χ4n) is 3.13. The monoisotopic (exact) mass is 371 g/mol. The molecule has 0 radical (unpaired) electrons. The molecule has 4 rings (SSSR count). The van der Waals surface area contributed by atoms with Crippen molar-refractivity contribution >= 4 is 0 Å². The zero-order valence-electron chi connectivity index (χ0n) is 15.7. The van der Waals surface area contributed by atoms with Crippen molar-refractivity contribution in [3.05, 3.63) is 102 Å². The number of H-pyrrole nitrogens is 1. The summed E-state index contributed by atoms with van der Waals surface area (Å²) in [4.78, 5) is 7.76. The Morgan fingerprint density at radius 1 is 0.857 bits per heavy atom. The molecule has 4 heteroatoms. The number of aromatic amines is 1. The number of halogens is 1. The molecule has 3 nitrogen and oxygen atoms in total. The molecule has 1 heterocycles. The van der Waals surface area contributed by atoms with E-state index in [1.807, 2.05) is 6.20 Å². The molecule has 0 aliphatic rings. The summed E-state index contributed by atoms with van der Waals surface area (Å²) in [5.74, 6) is 0.485. The SMILES string of the molecule is Cc1ccc(CNCc2cccc(-c3cnc(-c4ccc(F)cc4)[nH]3)c2)cc1. The van der Waals surface area contributed by atoms with Crippen molar-refractivity contribution in [2.75, 3.05) is 0 Å². The third-order valence-electron chi connectivity index (χ3n) is 4.71. The van der Waals surface area contributed by atoms with Crippen molar-refractivity contribution in [2.45, 2.75) is 20.0 Å². The van der Waals surface area contributed by atoms with Gasteiger partial charge in [-0.15, -0.1) is 0 Å². The van der Waals surface area contributed by atoms with Gasteiger partial charge in [0.15, 0.2) is 0 Å². The molecule has 1 aromatic heterocycles. The number of benzene rings is 3. The number of nitrogens with zero attached hydrogens (tertiary/aromatic N) is 1. The van der Waals surface area contributed by atoms with Gasteiger partial charge in [-0.25, -0.2) is 9.37 Å². The molecule has 28 heavy (non-hydrogen) atoms. The Labute approximate surface area is 164 Å². The van der Waals surface area contributed by atoms with E-state index in [-0.39, 0.29) is 5.82 Å². The number of hydrogen-bond donors (Lipinski definition) is 2. The number of aryl methyl sites for hydroxylation is 1. The molecule has 4 aromatic rings. The quantitative estimate of drug-likeness (QED) is 0.471. The number of aromatic nitrogens is 2. The van der Waals surface area contributed by atoms with Gasteiger partial charge in [0.1, 0.15) is 11.6 Å². The fraction of sp³-hybridized carbons (Fsp3) is 0.125. The Morgan fingerprint density at radius 3 is 2.39 bits per heavy atom. The lowest BCUT2D eigenvalue weighted by molar-refractivity contribution is 0.628. The van der Waals surface area contributed by atoms with Crippen molar-refractivity contribution in [1.29, 1.82) is 0 Å². The van der Waals surface area contributed by atoms with E-state index in [9.17, 15) is 4.39 Å². The number of nitrogens with one attached hydrogen (secondary N) is 2. The van der Waals surface area contributed by atoms with Crippen LogP contribution < -0.4 is 5.32 Å². The molecule has 0 aliphatic carbocycles. The first kappa shape index (κ1) is 18.1. The highest BCUT2D eigenvalue weighted by atomic mass is 19.1. The second-order valence-corrected chi connectivity index (χ2v) is 6.94. The molecule has 2 N–H and O–H groups in total. The average molecular weight is 371 g/mol. The summed E-state index contributed by atoms with van der Waals surface area (Å²) in [7, 11) is 0. The number of imidazole rings is 1. The molecule has 0 fully saturated rings. The van der Waals surface area contributed by atoms with Gasteiger partial charge in [0.05, 0.1) is 11.9 Å². The van der Waals surface area contributed by atoms with Crippen molar-refractivity contribution < 1.29 is 4.39 Å². The van der Waals surface area contributed by atoms with Crippen LogP contribution in [0.3, 0.4) is 0 Å². The minimum absolute atomic E-state index is 0.249. The second kappa shape index (κ2) is 8.19. The van der Waals surface area contributed by atoms with Gasteiger partial charge in [-0.05, 0) is 53.9 Å². The van der Waals surface area contributed by atoms with Crippen molar-refractivity contribution in [3.63, 3.8) is 0 Å². The molecule has 140 valence electrons. The van der Waals surface area contributed by atoms with Crippen LogP contribution in [0.15, 0.2) is 79.0 Å². The molecule has 0 bridgehead atoms. The topological polar surface area (TPSA) is 40.7 Å². The highest BCUT2D eigenvalue weighted by Gasteiger charge is 2.06. The average Bonchev–Trinajstić information content (AvgIpc) is 3.21. The van der Waals surface area contributed by atoms with E-state index < -0.39 is 0 Å². The Balaban J connectivity index is 1.43. The Kier molecular flexibility index (Phi) is 5.31. The van der Waals surface area contributed by atoms with Crippen LogP contribution in [0.4, 0.5) is 4.39 Å². The van der Waals surface area contributed by atoms with Crippen molar-refractivity contribution in [2.24, 2.45) is 0 Å². The van der Waals surface area contributed by atoms with Gasteiger partial charge in [-0.3, -0.25) is 0 Å². The number of hydrogen-bond acceptors (Lipinski definition) is 2. The van der Waals surface area contributed by atoms with E-state index >= 15 is 0 Å². The molecule has 0 atom stereocenters. The molecule has 0 amide bonds. The zero-order valence-corrected chi connectivity index (χ0v) is 15.7. The minimum atomic E-state index is -0.249. The maximum absolute atomic E-state index is 13.1. The maximum atomic E-state index is 13.1. The predicted molar refractivity (Wildman–Crippen MR) is 111 cm³/mol. The van der Waals surface area contributed by atoms with Gasteiger partial charge in [-0.1, -0.05) is 48.0 Å². The van der Waals surface area contributed by atoms with Gasteiger partial charge >= 0.3 is 0 Å². The first-order valence-electron chi connectivity index (χ1n) is 9.34. The van der Waals surface area contributed by atoms with Gasteiger partial charge < -0.3 is 10.3 Å². The largest absolute Gasteiger partial charge is 0.338 e. The Hall–Kier alpha value is -3.24. The molecule has 0 saturated carbocycles. The van der Waals surface area contributed by atoms with Gasteiger partial charge in [0.2, 0.25) is 0 Å². The van der Waals surface area contributed by atoms with Crippen LogP contribution in [0.2, 0.25) is 0 Å². The first-order valence-corrected chi connectivity index (χ1v) is 9.34. The molecule has 0 spiro atoms. The molecule has 0 aliphatic heterocycles. The highest BCUT2D eigenvalue weighted by molar-refractivity contribution is 5.64. The first-order chi connectivity index (χ1) is 13.7. The lowest BCUT2D eigenvalue weighted by atomic mass is 10.1. The van der Waals surface area contributed by atoms with Crippen molar-refractivity contribution in [3.8, 4) is 22.6 Å². The van der Waals surface area contributed by atoms with Crippen molar-refractivity contribution in [1.82, 2.24) is 15.3 Å². The number of rotatable bonds is 6. The summed E-state index contributed by atoms with van der Waals surface area (Å²) in [6, 6.07) is 23.3. The summed E-state index contributed by atoms with van der Waals surface area (Å²) in [5.41, 5.74) is 6.65. The van der Waals surface area contributed by atoms with Crippen LogP contribution in [0.25, 0.3) is 22.6 Å². The normalized spacial score (nSPS) is 10.9. The third-order valence-corrected chi connectivity index (χ3v) is 4.71. The van der Waals surface area contributed by atoms with E-state index in [2.05, 4.69) is 70.7 Å². The summed E-state index contributed by atoms with van der Waals surface area (Å²) >= 11 is 0. The van der Waals surface area contributed by atoms with Gasteiger partial charge in [0.25, 0.3) is 0 Å². The lowest BCUT2D eigenvalue weighted by Crippen LogP contribution is -2.12. The van der Waals surface area contributed by atoms with Crippen LogP contribution >= 0.6 is 0 Å². The van der Waals surface area contributed by atoms with E-state index in [4.69, 9.17) is 0 Å². The van der Waals surface area contributed by atoms with Crippen LogP contribution in [0.1, 0.15) is 16.7 Å². The molecule has 0 saturated heterocycles. The molecule has 3 aromatic carbocycles. The van der Waals surface area contributed by atoms with E-state index in [1.165, 1.54) is 28.8 Å². The summed E-state index contributed by atoms with van der Waals surface area (Å²) in [6.45, 7) is 3.73. The highest BCUT2D eigenvalue weighted by Crippen LogP contribution is 2.23. The molecule has 0 unspecified atom stereocenters. The third kappa shape index (κ3) is 4.35. The summed E-state index contributed by atoms with van der Waals surface area (Å²) in [6.07, 6.45) is 1.82. The fourth-order valence-corrected chi connectivity index (χ4v) is 3.13. The van der Waals surface area contributed by atoms with Gasteiger partial charge in [0, 0.05) is 18.7 Å². The maximum Gasteiger partial charge on any atom is 0.137 e. The summed E-state index contributed by atoms with van der Waals surface area (Å²) < 4.78 is 13.1. The van der Waals surface area contributed by atoms with Crippen LogP contribution in [-0.2, 0) is 13.1 Å². The standard InChI is InChI=1S/C24H22FN3/c1-17-5-7-18(8-6-17)14-26-15-19-3-2-4-21(13-19)23-16-27-24(28-23)20-9-11-22(25)12-10-20/h2-13,16,26H,14-15H2,1H3,(H,27,28). The Morgan fingerprint density at radius 2 is 1.61 bits per heavy atom. The molecular weight excluding hydrogens is 349 g/mol. The summed E-state index contributed by atoms with van der Waals surface area (Å²) in [5, 5.41) is 3.49. The van der Waals surface area contributed by atoms with E-state index in [0.717, 1.165) is 35.7 Å². The minimum Gasteiger partial charge on any atom is -0.338 e. The lowest BCUT2D eigenvalue weighted by Gasteiger charge is -2.07. The van der Waals surface area contributed by atoms with Crippen LogP contribution in [0.5, 0.6) is 0 Å². The smallest absolute Gasteiger partial charge is 0.137 e. The second-order valence-electron chi connectivity index (χ2n) is 6.94. The van der Waals surface area contributed by atoms with Gasteiger partial charge in [-0.2, -0.15) is 0 Å². The van der Waals surface area contributed by atoms with Crippen LogP contribution in [0, 0.1) is 12.7 Å². The zero-order chi connectivity index (χ0) is 19.3. The van der Waals surface area contributed by atoms with E-state index in [0.29, 0.717) is 0 Å². The molecular formula is C24H22FN3. The predicted octanol–water partition coefficient (Wildman–Crippen LogP) is 5.48. The Bertz CT molecular complexity index is 1050. The van der Waals surface area contributed by atoms with Crippen LogP contribution in [-0.4, -0.2) is 9.97 Å².